The Hall–Kier alpha value is 0.202. The van der Waals surface area contributed by atoms with Gasteiger partial charge in [0.2, 0.25) is 0 Å². The van der Waals surface area contributed by atoms with Crippen LogP contribution in [-0.2, 0) is 3.79 Å². The molecule has 0 rings (SSSR count). The standard InChI is InChI=1S/C3H7O.CH2.Al/c1-2-3-4;;/h2-3H2,1H3;1H2;/q-1;;+1. The van der Waals surface area contributed by atoms with Crippen LogP contribution in [0.5, 0.6) is 0 Å². The molecule has 0 aliphatic heterocycles. The molecule has 0 spiro atoms. The molecule has 1 nitrogen and oxygen atoms in total. The third-order valence-electron chi connectivity index (χ3n) is 0.440. The fourth-order valence-corrected chi connectivity index (χ4v) is 0.604. The van der Waals surface area contributed by atoms with Crippen molar-refractivity contribution in [1.29, 1.82) is 0 Å². The molecule has 0 unspecified atom stereocenters. The molecule has 0 bridgehead atoms. The molecule has 0 aliphatic carbocycles. The summed E-state index contributed by atoms with van der Waals surface area (Å²) in [5.41, 5.74) is 0. The average Bonchev–Trinajstić information content (AvgIpc) is 1.61. The fourth-order valence-electron chi connectivity index (χ4n) is 0.201. The molecule has 0 aromatic carbocycles. The Labute approximate surface area is 44.9 Å². The zero-order valence-corrected chi connectivity index (χ0v) is 5.26. The first-order valence-electron chi connectivity index (χ1n) is 2.14. The molecular weight excluding hydrogens is 91.0 g/mol. The predicted molar refractivity (Wildman–Crippen MR) is 29.1 cm³/mol. The van der Waals surface area contributed by atoms with Gasteiger partial charge in [0.15, 0.2) is 0 Å². The summed E-state index contributed by atoms with van der Waals surface area (Å²) in [7, 11) is 0. The van der Waals surface area contributed by atoms with Gasteiger partial charge in [0.25, 0.3) is 0 Å². The molecule has 0 radical (unpaired) electrons. The van der Waals surface area contributed by atoms with E-state index in [2.05, 4.69) is 12.3 Å². The summed E-state index contributed by atoms with van der Waals surface area (Å²) in [6, 6.07) is 0. The van der Waals surface area contributed by atoms with Crippen molar-refractivity contribution in [1.82, 2.24) is 0 Å². The van der Waals surface area contributed by atoms with E-state index in [1.807, 2.05) is 0 Å². The van der Waals surface area contributed by atoms with Crippen LogP contribution in [0.25, 0.3) is 0 Å². The summed E-state index contributed by atoms with van der Waals surface area (Å²) < 4.78 is 4.95. The van der Waals surface area contributed by atoms with E-state index < -0.39 is 0 Å². The second kappa shape index (κ2) is 5.20. The molecule has 0 aliphatic rings. The van der Waals surface area contributed by atoms with Crippen molar-refractivity contribution in [3.05, 3.63) is 0 Å². The van der Waals surface area contributed by atoms with Gasteiger partial charge >= 0.3 is 44.2 Å². The SMILES string of the molecule is [CH2]=[Al][O]CCC. The van der Waals surface area contributed by atoms with Crippen LogP contribution in [0.4, 0.5) is 0 Å². The van der Waals surface area contributed by atoms with E-state index in [0.717, 1.165) is 13.0 Å². The van der Waals surface area contributed by atoms with Gasteiger partial charge in [0.05, 0.1) is 0 Å². The molecule has 0 saturated carbocycles. The molecule has 0 heterocycles. The molecule has 0 saturated heterocycles. The second-order valence-corrected chi connectivity index (χ2v) is 1.70. The molecule has 0 amide bonds. The quantitative estimate of drug-likeness (QED) is 0.370. The topological polar surface area (TPSA) is 9.23 Å². The number of hydrogen-bond acceptors (Lipinski definition) is 1. The van der Waals surface area contributed by atoms with Crippen LogP contribution in [0.1, 0.15) is 13.3 Å². The third kappa shape index (κ3) is 4.20. The molecule has 2 heteroatoms. The Morgan fingerprint density at radius 2 is 2.50 bits per heavy atom. The van der Waals surface area contributed by atoms with Crippen LogP contribution in [0, 0.1) is 0 Å². The maximum atomic E-state index is 4.95. The van der Waals surface area contributed by atoms with Gasteiger partial charge in [-0.1, -0.05) is 0 Å². The van der Waals surface area contributed by atoms with Crippen molar-refractivity contribution in [2.24, 2.45) is 0 Å². The third-order valence-corrected chi connectivity index (χ3v) is 0.911. The van der Waals surface area contributed by atoms with Crippen LogP contribution in [0.15, 0.2) is 0 Å². The van der Waals surface area contributed by atoms with Gasteiger partial charge in [-0.05, 0) is 0 Å². The van der Waals surface area contributed by atoms with Crippen LogP contribution in [-0.4, -0.2) is 27.1 Å². The first kappa shape index (κ1) is 6.20. The normalized spacial score (nSPS) is 6.83. The first-order chi connectivity index (χ1) is 2.91. The van der Waals surface area contributed by atoms with E-state index in [0.29, 0.717) is 0 Å². The van der Waals surface area contributed by atoms with Crippen LogP contribution < -0.4 is 0 Å². The molecular formula is C4H9AlO. The number of hydrogen-bond donors (Lipinski definition) is 0. The van der Waals surface area contributed by atoms with Crippen molar-refractivity contribution in [2.75, 3.05) is 6.61 Å². The van der Waals surface area contributed by atoms with E-state index in [1.54, 1.807) is 0 Å². The summed E-state index contributed by atoms with van der Waals surface area (Å²) in [4.78, 5) is 0. The zero-order valence-electron chi connectivity index (χ0n) is 4.11. The van der Waals surface area contributed by atoms with Crippen molar-refractivity contribution in [3.63, 3.8) is 0 Å². The van der Waals surface area contributed by atoms with Gasteiger partial charge in [-0.2, -0.15) is 0 Å². The van der Waals surface area contributed by atoms with Crippen molar-refractivity contribution >= 4 is 20.5 Å². The monoisotopic (exact) mass is 100 g/mol. The van der Waals surface area contributed by atoms with Gasteiger partial charge in [0, 0.05) is 0 Å². The summed E-state index contributed by atoms with van der Waals surface area (Å²) in [5, 5.41) is 3.58. The fraction of sp³-hybridized carbons (Fsp3) is 0.750. The first-order valence-corrected chi connectivity index (χ1v) is 3.43. The molecule has 0 N–H and O–H groups in total. The van der Waals surface area contributed by atoms with Gasteiger partial charge in [-0.15, -0.1) is 0 Å². The molecule has 6 heavy (non-hydrogen) atoms. The molecule has 0 atom stereocenters. The van der Waals surface area contributed by atoms with Gasteiger partial charge < -0.3 is 0 Å². The Balaban J connectivity index is 2.49. The zero-order chi connectivity index (χ0) is 4.83. The van der Waals surface area contributed by atoms with Crippen molar-refractivity contribution < 1.29 is 3.79 Å². The molecule has 0 aromatic rings. The van der Waals surface area contributed by atoms with Crippen molar-refractivity contribution in [2.45, 2.75) is 13.3 Å². The minimum absolute atomic E-state index is 0.0338. The van der Waals surface area contributed by atoms with Crippen LogP contribution in [0.2, 0.25) is 0 Å². The summed E-state index contributed by atoms with van der Waals surface area (Å²) >= 11 is 0.0338. The molecule has 34 valence electrons. The Bertz CT molecular complexity index is 36.5. The molecule has 0 aromatic heterocycles. The van der Waals surface area contributed by atoms with Crippen molar-refractivity contribution in [3.8, 4) is 0 Å². The maximum absolute atomic E-state index is 4.95. The number of rotatable bonds is 3. The summed E-state index contributed by atoms with van der Waals surface area (Å²) in [5.74, 6) is 0. The van der Waals surface area contributed by atoms with Crippen LogP contribution in [0.3, 0.4) is 0 Å². The second-order valence-electron chi connectivity index (χ2n) is 1.04. The van der Waals surface area contributed by atoms with E-state index in [1.165, 1.54) is 0 Å². The van der Waals surface area contributed by atoms with E-state index in [-0.39, 0.29) is 15.1 Å². The predicted octanol–water partition coefficient (Wildman–Crippen LogP) is 0.464. The van der Waals surface area contributed by atoms with E-state index in [9.17, 15) is 0 Å². The Morgan fingerprint density at radius 1 is 1.83 bits per heavy atom. The van der Waals surface area contributed by atoms with E-state index in [4.69, 9.17) is 3.79 Å². The van der Waals surface area contributed by atoms with E-state index >= 15 is 0 Å². The Morgan fingerprint density at radius 3 is 2.67 bits per heavy atom. The Kier molecular flexibility index (Phi) is 5.38. The van der Waals surface area contributed by atoms with Crippen LogP contribution >= 0.6 is 0 Å². The average molecular weight is 100 g/mol. The summed E-state index contributed by atoms with van der Waals surface area (Å²) in [6.45, 7) is 2.98. The van der Waals surface area contributed by atoms with Gasteiger partial charge in [-0.3, -0.25) is 0 Å². The van der Waals surface area contributed by atoms with Gasteiger partial charge in [-0.25, -0.2) is 0 Å². The summed E-state index contributed by atoms with van der Waals surface area (Å²) in [6.07, 6.45) is 1.11. The minimum atomic E-state index is 0.0338. The van der Waals surface area contributed by atoms with Gasteiger partial charge in [0.1, 0.15) is 0 Å². The molecule has 0 fully saturated rings.